The second kappa shape index (κ2) is 8.30. The lowest BCUT2D eigenvalue weighted by Crippen LogP contribution is -2.29. The summed E-state index contributed by atoms with van der Waals surface area (Å²) >= 11 is 3.14. The number of hydrogen-bond acceptors (Lipinski definition) is 6. The van der Waals surface area contributed by atoms with Gasteiger partial charge in [-0.1, -0.05) is 0 Å². The smallest absolute Gasteiger partial charge is 0.331 e. The van der Waals surface area contributed by atoms with E-state index in [2.05, 4.69) is 21.2 Å². The van der Waals surface area contributed by atoms with Crippen LogP contribution in [0.3, 0.4) is 0 Å². The Morgan fingerprint density at radius 1 is 1.23 bits per heavy atom. The number of carbonyl (C=O) groups excluding carboxylic acids is 2. The normalized spacial score (nSPS) is 12.7. The third-order valence-corrected chi connectivity index (χ3v) is 4.45. The van der Waals surface area contributed by atoms with Crippen LogP contribution >= 0.6 is 15.9 Å². The molecule has 2 rings (SSSR count). The van der Waals surface area contributed by atoms with Crippen LogP contribution in [0.25, 0.3) is 6.08 Å². The molecule has 0 aliphatic carbocycles. The Hall–Kier alpha value is -2.43. The third-order valence-electron chi connectivity index (χ3n) is 3.09. The van der Waals surface area contributed by atoms with E-state index in [1.165, 1.54) is 37.3 Å². The predicted molar refractivity (Wildman–Crippen MR) is 97.4 cm³/mol. The molecule has 0 aliphatic rings. The molecule has 0 saturated carbocycles. The van der Waals surface area contributed by atoms with Crippen molar-refractivity contribution in [3.05, 3.63) is 52.9 Å². The molecular formula is C16H15BrN2O6S. The second-order valence-corrected chi connectivity index (χ2v) is 7.46. The lowest BCUT2D eigenvalue weighted by atomic mass is 10.3. The third kappa shape index (κ3) is 5.83. The van der Waals surface area contributed by atoms with E-state index in [0.717, 1.165) is 6.08 Å². The number of hydrogen-bond donors (Lipinski definition) is 2. The first kappa shape index (κ1) is 19.9. The monoisotopic (exact) mass is 442 g/mol. The Morgan fingerprint density at radius 2 is 1.88 bits per heavy atom. The molecule has 26 heavy (non-hydrogen) atoms. The van der Waals surface area contributed by atoms with Crippen molar-refractivity contribution in [2.45, 2.75) is 17.9 Å². The number of ether oxygens (including phenoxy) is 1. The fraction of sp³-hybridized carbons (Fsp3) is 0.125. The first-order valence-corrected chi connectivity index (χ1v) is 9.57. The number of nitrogens with one attached hydrogen (secondary N) is 1. The van der Waals surface area contributed by atoms with Gasteiger partial charge < -0.3 is 14.5 Å². The second-order valence-electron chi connectivity index (χ2n) is 5.11. The van der Waals surface area contributed by atoms with E-state index in [4.69, 9.17) is 14.3 Å². The number of carbonyl (C=O) groups is 2. The molecule has 1 heterocycles. The highest BCUT2D eigenvalue weighted by Crippen LogP contribution is 2.15. The lowest BCUT2D eigenvalue weighted by Gasteiger charge is -2.12. The number of esters is 1. The number of sulfonamides is 1. The fourth-order valence-corrected chi connectivity index (χ4v) is 2.64. The van der Waals surface area contributed by atoms with Crippen molar-refractivity contribution in [1.29, 1.82) is 0 Å². The molecule has 3 N–H and O–H groups in total. The average Bonchev–Trinajstić information content (AvgIpc) is 2.98. The average molecular weight is 443 g/mol. The minimum Gasteiger partial charge on any atom is -0.450 e. The maximum Gasteiger partial charge on any atom is 0.331 e. The molecule has 0 saturated heterocycles. The molecule has 1 unspecified atom stereocenters. The molecule has 1 aromatic heterocycles. The van der Waals surface area contributed by atoms with E-state index < -0.39 is 28.0 Å². The van der Waals surface area contributed by atoms with E-state index in [1.807, 2.05) is 0 Å². The summed E-state index contributed by atoms with van der Waals surface area (Å²) < 4.78 is 33.1. The summed E-state index contributed by atoms with van der Waals surface area (Å²) in [7, 11) is -3.81. The Kier molecular flexibility index (Phi) is 6.35. The van der Waals surface area contributed by atoms with Gasteiger partial charge in [-0.05, 0) is 65.3 Å². The Morgan fingerprint density at radius 3 is 2.42 bits per heavy atom. The summed E-state index contributed by atoms with van der Waals surface area (Å²) in [5, 5.41) is 7.50. The minimum atomic E-state index is -3.81. The van der Waals surface area contributed by atoms with Gasteiger partial charge >= 0.3 is 5.97 Å². The van der Waals surface area contributed by atoms with Crippen molar-refractivity contribution in [2.75, 3.05) is 5.32 Å². The molecule has 0 fully saturated rings. The number of rotatable bonds is 6. The number of halogens is 1. The molecule has 1 amide bonds. The van der Waals surface area contributed by atoms with Gasteiger partial charge in [-0.25, -0.2) is 18.4 Å². The van der Waals surface area contributed by atoms with Gasteiger partial charge in [0.25, 0.3) is 5.91 Å². The Labute approximate surface area is 158 Å². The van der Waals surface area contributed by atoms with Crippen LogP contribution in [0.1, 0.15) is 12.7 Å². The van der Waals surface area contributed by atoms with Crippen LogP contribution in [-0.2, 0) is 24.3 Å². The van der Waals surface area contributed by atoms with Gasteiger partial charge in [-0.3, -0.25) is 4.79 Å². The molecule has 1 atom stereocenters. The van der Waals surface area contributed by atoms with Crippen molar-refractivity contribution in [2.24, 2.45) is 5.14 Å². The number of anilines is 1. The number of amides is 1. The molecule has 0 bridgehead atoms. The highest BCUT2D eigenvalue weighted by Gasteiger charge is 2.17. The standard InChI is InChI=1S/C16H15BrN2O6S/c1-10(24-15(20)9-5-12-4-8-14(17)25-12)16(21)19-11-2-6-13(7-3-11)26(18,22)23/h2-10H,1H3,(H,19,21)(H2,18,22,23). The molecule has 1 aromatic carbocycles. The highest BCUT2D eigenvalue weighted by atomic mass is 79.9. The van der Waals surface area contributed by atoms with Crippen LogP contribution in [0, 0.1) is 0 Å². The molecule has 138 valence electrons. The minimum absolute atomic E-state index is 0.0790. The van der Waals surface area contributed by atoms with Gasteiger partial charge in [0.15, 0.2) is 10.8 Å². The van der Waals surface area contributed by atoms with Crippen LogP contribution in [-0.4, -0.2) is 26.4 Å². The summed E-state index contributed by atoms with van der Waals surface area (Å²) in [6, 6.07) is 8.58. The van der Waals surface area contributed by atoms with Crippen LogP contribution in [0.5, 0.6) is 0 Å². The first-order chi connectivity index (χ1) is 12.1. The van der Waals surface area contributed by atoms with Crippen molar-refractivity contribution >= 4 is 49.6 Å². The zero-order chi connectivity index (χ0) is 19.3. The molecule has 0 radical (unpaired) electrons. The van der Waals surface area contributed by atoms with Crippen molar-refractivity contribution in [3.8, 4) is 0 Å². The lowest BCUT2D eigenvalue weighted by molar-refractivity contribution is -0.148. The van der Waals surface area contributed by atoms with E-state index in [0.29, 0.717) is 16.1 Å². The zero-order valence-electron chi connectivity index (χ0n) is 13.5. The van der Waals surface area contributed by atoms with Gasteiger partial charge in [0, 0.05) is 11.8 Å². The highest BCUT2D eigenvalue weighted by molar-refractivity contribution is 9.10. The Bertz CT molecular complexity index is 934. The van der Waals surface area contributed by atoms with E-state index in [9.17, 15) is 18.0 Å². The van der Waals surface area contributed by atoms with Gasteiger partial charge in [-0.2, -0.15) is 0 Å². The number of nitrogens with two attached hydrogens (primary N) is 1. The summed E-state index contributed by atoms with van der Waals surface area (Å²) in [6.45, 7) is 1.41. The zero-order valence-corrected chi connectivity index (χ0v) is 15.9. The SMILES string of the molecule is CC(OC(=O)C=Cc1ccc(Br)o1)C(=O)Nc1ccc(S(N)(=O)=O)cc1. The quantitative estimate of drug-likeness (QED) is 0.521. The molecule has 10 heteroatoms. The number of benzene rings is 1. The van der Waals surface area contributed by atoms with Crippen molar-refractivity contribution in [1.82, 2.24) is 0 Å². The summed E-state index contributed by atoms with van der Waals surface area (Å²) in [6.07, 6.45) is 1.48. The van der Waals surface area contributed by atoms with Gasteiger partial charge in [0.1, 0.15) is 5.76 Å². The topological polar surface area (TPSA) is 129 Å². The van der Waals surface area contributed by atoms with E-state index in [1.54, 1.807) is 12.1 Å². The Balaban J connectivity index is 1.90. The summed E-state index contributed by atoms with van der Waals surface area (Å²) in [5.41, 5.74) is 0.335. The largest absolute Gasteiger partial charge is 0.450 e. The predicted octanol–water partition coefficient (Wildman–Crippen LogP) is 2.27. The fourth-order valence-electron chi connectivity index (χ4n) is 1.81. The first-order valence-electron chi connectivity index (χ1n) is 7.23. The molecule has 0 aliphatic heterocycles. The van der Waals surface area contributed by atoms with E-state index >= 15 is 0 Å². The molecule has 2 aromatic rings. The number of furan rings is 1. The molecule has 8 nitrogen and oxygen atoms in total. The summed E-state index contributed by atoms with van der Waals surface area (Å²) in [4.78, 5) is 23.7. The maximum atomic E-state index is 12.0. The van der Waals surface area contributed by atoms with Crippen molar-refractivity contribution in [3.63, 3.8) is 0 Å². The molecular weight excluding hydrogens is 428 g/mol. The van der Waals surface area contributed by atoms with Gasteiger partial charge in [-0.15, -0.1) is 0 Å². The maximum absolute atomic E-state index is 12.0. The van der Waals surface area contributed by atoms with Crippen LogP contribution < -0.4 is 10.5 Å². The van der Waals surface area contributed by atoms with Gasteiger partial charge in [0.05, 0.1) is 4.90 Å². The van der Waals surface area contributed by atoms with Crippen LogP contribution in [0.15, 0.2) is 56.5 Å². The summed E-state index contributed by atoms with van der Waals surface area (Å²) in [5.74, 6) is -0.846. The number of primary sulfonamides is 1. The van der Waals surface area contributed by atoms with E-state index in [-0.39, 0.29) is 4.90 Å². The van der Waals surface area contributed by atoms with Crippen LogP contribution in [0.4, 0.5) is 5.69 Å². The van der Waals surface area contributed by atoms with Crippen LogP contribution in [0.2, 0.25) is 0 Å². The van der Waals surface area contributed by atoms with Gasteiger partial charge in [0.2, 0.25) is 10.0 Å². The van der Waals surface area contributed by atoms with Crippen molar-refractivity contribution < 1.29 is 27.2 Å². The molecule has 0 spiro atoms.